The van der Waals surface area contributed by atoms with Crippen molar-refractivity contribution in [3.8, 4) is 22.5 Å². The predicted molar refractivity (Wildman–Crippen MR) is 96.4 cm³/mol. The molecule has 136 valence electrons. The molecule has 8 heteroatoms. The molecule has 0 saturated carbocycles. The van der Waals surface area contributed by atoms with E-state index in [0.717, 1.165) is 22.5 Å². The Hall–Kier alpha value is -2.93. The Bertz CT molecular complexity index is 1130. The second kappa shape index (κ2) is 6.35. The highest BCUT2D eigenvalue weighted by Crippen LogP contribution is 2.34. The van der Waals surface area contributed by atoms with Crippen LogP contribution in [-0.4, -0.2) is 19.4 Å². The van der Waals surface area contributed by atoms with E-state index in [1.165, 1.54) is 0 Å². The van der Waals surface area contributed by atoms with Crippen LogP contribution in [0.3, 0.4) is 0 Å². The van der Waals surface area contributed by atoms with E-state index < -0.39 is 11.9 Å². The summed E-state index contributed by atoms with van der Waals surface area (Å²) in [5.41, 5.74) is 1.76. The molecule has 0 aliphatic carbocycles. The third-order valence-corrected chi connectivity index (χ3v) is 4.35. The Labute approximate surface area is 157 Å². The van der Waals surface area contributed by atoms with E-state index in [1.807, 2.05) is 0 Å². The number of hydrogen-bond donors (Lipinski definition) is 0. The van der Waals surface area contributed by atoms with Gasteiger partial charge in [0.25, 0.3) is 0 Å². The minimum Gasteiger partial charge on any atom is -0.278 e. The number of aryl methyl sites for hydroxylation is 1. The first-order valence-electron chi connectivity index (χ1n) is 7.97. The number of benzene rings is 1. The zero-order chi connectivity index (χ0) is 19.2. The Morgan fingerprint density at radius 2 is 1.70 bits per heavy atom. The van der Waals surface area contributed by atoms with Crippen LogP contribution in [0.15, 0.2) is 55.0 Å². The van der Waals surface area contributed by atoms with Gasteiger partial charge in [0.15, 0.2) is 5.65 Å². The average molecular weight is 389 g/mol. The molecule has 4 nitrogen and oxygen atoms in total. The molecule has 4 aromatic rings. The Morgan fingerprint density at radius 1 is 0.963 bits per heavy atom. The fourth-order valence-electron chi connectivity index (χ4n) is 2.85. The van der Waals surface area contributed by atoms with Gasteiger partial charge in [-0.05, 0) is 37.3 Å². The molecule has 0 spiro atoms. The van der Waals surface area contributed by atoms with Crippen molar-refractivity contribution in [3.05, 3.63) is 71.4 Å². The van der Waals surface area contributed by atoms with Crippen LogP contribution < -0.4 is 0 Å². The molecular formula is C19H12ClF3N4. The summed E-state index contributed by atoms with van der Waals surface area (Å²) in [6, 6.07) is 11.0. The lowest BCUT2D eigenvalue weighted by Gasteiger charge is -2.12. The van der Waals surface area contributed by atoms with Crippen molar-refractivity contribution in [1.29, 1.82) is 0 Å². The van der Waals surface area contributed by atoms with Crippen LogP contribution in [0.2, 0.25) is 5.02 Å². The number of fused-ring (bicyclic) bond motifs is 1. The third-order valence-electron chi connectivity index (χ3n) is 4.10. The Balaban J connectivity index is 2.01. The lowest BCUT2D eigenvalue weighted by molar-refractivity contribution is -0.142. The minimum atomic E-state index is -4.56. The van der Waals surface area contributed by atoms with Crippen LogP contribution in [0.4, 0.5) is 13.2 Å². The van der Waals surface area contributed by atoms with Crippen LogP contribution in [0.25, 0.3) is 28.2 Å². The van der Waals surface area contributed by atoms with Gasteiger partial charge in [0.05, 0.1) is 5.69 Å². The Morgan fingerprint density at radius 3 is 2.37 bits per heavy atom. The van der Waals surface area contributed by atoms with E-state index in [2.05, 4.69) is 15.0 Å². The van der Waals surface area contributed by atoms with Gasteiger partial charge in [0.2, 0.25) is 0 Å². The van der Waals surface area contributed by atoms with Gasteiger partial charge >= 0.3 is 6.18 Å². The highest BCUT2D eigenvalue weighted by molar-refractivity contribution is 6.30. The van der Waals surface area contributed by atoms with Gasteiger partial charge < -0.3 is 0 Å². The minimum absolute atomic E-state index is 0.125. The van der Waals surface area contributed by atoms with Crippen LogP contribution in [-0.2, 0) is 6.18 Å². The van der Waals surface area contributed by atoms with Crippen LogP contribution in [0.1, 0.15) is 11.4 Å². The number of alkyl halides is 3. The van der Waals surface area contributed by atoms with Gasteiger partial charge in [-0.15, -0.1) is 0 Å². The molecule has 0 aliphatic rings. The van der Waals surface area contributed by atoms with Crippen molar-refractivity contribution < 1.29 is 13.2 Å². The molecule has 0 fully saturated rings. The first kappa shape index (κ1) is 17.5. The summed E-state index contributed by atoms with van der Waals surface area (Å²) in [6.45, 7) is 1.80. The molecule has 0 aliphatic heterocycles. The Kier molecular flexibility index (Phi) is 4.11. The topological polar surface area (TPSA) is 43.1 Å². The van der Waals surface area contributed by atoms with E-state index in [9.17, 15) is 13.2 Å². The van der Waals surface area contributed by atoms with Gasteiger partial charge in [-0.2, -0.15) is 13.2 Å². The first-order valence-corrected chi connectivity index (χ1v) is 8.35. The van der Waals surface area contributed by atoms with E-state index in [-0.39, 0.29) is 11.3 Å². The number of imidazole rings is 1. The first-order chi connectivity index (χ1) is 12.8. The van der Waals surface area contributed by atoms with Crippen molar-refractivity contribution >= 4 is 17.2 Å². The number of nitrogens with zero attached hydrogens (tertiary/aromatic N) is 4. The van der Waals surface area contributed by atoms with Gasteiger partial charge in [0.1, 0.15) is 17.7 Å². The monoisotopic (exact) mass is 388 g/mol. The maximum Gasteiger partial charge on any atom is 0.431 e. The van der Waals surface area contributed by atoms with Crippen LogP contribution in [0.5, 0.6) is 0 Å². The molecule has 27 heavy (non-hydrogen) atoms. The molecule has 1 aromatic carbocycles. The zero-order valence-electron chi connectivity index (χ0n) is 14.0. The summed E-state index contributed by atoms with van der Waals surface area (Å²) in [6.07, 6.45) is -1.83. The van der Waals surface area contributed by atoms with Crippen LogP contribution in [0, 0.1) is 6.92 Å². The number of rotatable bonds is 2. The van der Waals surface area contributed by atoms with Crippen molar-refractivity contribution in [2.45, 2.75) is 13.1 Å². The average Bonchev–Trinajstić information content (AvgIpc) is 3.04. The summed E-state index contributed by atoms with van der Waals surface area (Å²) in [5.74, 6) is 0. The SMILES string of the molecule is Cc1cc(-c2ncn3c(C(F)(F)F)cc(-c4ccc(Cl)cc4)nc23)ccn1. The van der Waals surface area contributed by atoms with E-state index in [0.29, 0.717) is 21.8 Å². The van der Waals surface area contributed by atoms with Crippen molar-refractivity contribution in [3.63, 3.8) is 0 Å². The summed E-state index contributed by atoms with van der Waals surface area (Å²) in [5, 5.41) is 0.494. The number of pyridine rings is 1. The summed E-state index contributed by atoms with van der Waals surface area (Å²) < 4.78 is 41.9. The molecule has 0 bridgehead atoms. The van der Waals surface area contributed by atoms with Crippen molar-refractivity contribution in [2.75, 3.05) is 0 Å². The van der Waals surface area contributed by atoms with Crippen LogP contribution >= 0.6 is 11.6 Å². The lowest BCUT2D eigenvalue weighted by Crippen LogP contribution is -2.12. The van der Waals surface area contributed by atoms with E-state index in [1.54, 1.807) is 49.5 Å². The molecule has 4 rings (SSSR count). The molecule has 0 saturated heterocycles. The largest absolute Gasteiger partial charge is 0.431 e. The number of hydrogen-bond acceptors (Lipinski definition) is 3. The summed E-state index contributed by atoms with van der Waals surface area (Å²) in [7, 11) is 0. The molecule has 0 atom stereocenters. The maximum atomic E-state index is 13.6. The summed E-state index contributed by atoms with van der Waals surface area (Å²) in [4.78, 5) is 12.7. The number of halogens is 4. The van der Waals surface area contributed by atoms with E-state index in [4.69, 9.17) is 11.6 Å². The van der Waals surface area contributed by atoms with Gasteiger partial charge in [-0.25, -0.2) is 9.97 Å². The van der Waals surface area contributed by atoms with Gasteiger partial charge in [0, 0.05) is 28.0 Å². The summed E-state index contributed by atoms with van der Waals surface area (Å²) >= 11 is 5.88. The predicted octanol–water partition coefficient (Wildman–Crippen LogP) is 5.44. The lowest BCUT2D eigenvalue weighted by atomic mass is 10.1. The fraction of sp³-hybridized carbons (Fsp3) is 0.105. The highest BCUT2D eigenvalue weighted by Gasteiger charge is 2.35. The maximum absolute atomic E-state index is 13.6. The molecular weight excluding hydrogens is 377 g/mol. The highest BCUT2D eigenvalue weighted by atomic mass is 35.5. The standard InChI is InChI=1S/C19H12ClF3N4/c1-11-8-13(6-7-24-11)17-18-26-15(12-2-4-14(20)5-3-12)9-16(19(21,22)23)27(18)10-25-17/h2-10H,1H3. The molecule has 0 N–H and O–H groups in total. The number of aromatic nitrogens is 4. The molecule has 0 unspecified atom stereocenters. The zero-order valence-corrected chi connectivity index (χ0v) is 14.8. The van der Waals surface area contributed by atoms with Crippen molar-refractivity contribution in [2.24, 2.45) is 0 Å². The molecule has 0 amide bonds. The normalized spacial score (nSPS) is 11.9. The van der Waals surface area contributed by atoms with E-state index >= 15 is 0 Å². The molecule has 0 radical (unpaired) electrons. The van der Waals surface area contributed by atoms with Crippen molar-refractivity contribution in [1.82, 2.24) is 19.4 Å². The smallest absolute Gasteiger partial charge is 0.278 e. The van der Waals surface area contributed by atoms with Gasteiger partial charge in [-0.1, -0.05) is 23.7 Å². The molecule has 3 aromatic heterocycles. The third kappa shape index (κ3) is 3.26. The second-order valence-electron chi connectivity index (χ2n) is 6.00. The van der Waals surface area contributed by atoms with Gasteiger partial charge in [-0.3, -0.25) is 9.38 Å². The quantitative estimate of drug-likeness (QED) is 0.459. The molecule has 3 heterocycles. The fourth-order valence-corrected chi connectivity index (χ4v) is 2.98. The second-order valence-corrected chi connectivity index (χ2v) is 6.44.